The summed E-state index contributed by atoms with van der Waals surface area (Å²) < 4.78 is 10.9. The summed E-state index contributed by atoms with van der Waals surface area (Å²) in [4.78, 5) is 26.9. The van der Waals surface area contributed by atoms with Gasteiger partial charge in [-0.2, -0.15) is 0 Å². The fourth-order valence-corrected chi connectivity index (χ4v) is 4.98. The number of carbonyl (C=O) groups excluding carboxylic acids is 2. The Morgan fingerprint density at radius 2 is 1.97 bits per heavy atom. The molecule has 3 heterocycles. The first-order valence-electron chi connectivity index (χ1n) is 11.3. The van der Waals surface area contributed by atoms with Gasteiger partial charge in [0.25, 0.3) is 0 Å². The van der Waals surface area contributed by atoms with Crippen LogP contribution in [0.5, 0.6) is 0 Å². The minimum absolute atomic E-state index is 0.0363. The number of esters is 1. The molecule has 3 aromatic rings. The first-order chi connectivity index (χ1) is 15.9. The second-order valence-corrected chi connectivity index (χ2v) is 9.66. The van der Waals surface area contributed by atoms with Crippen molar-refractivity contribution in [3.8, 4) is 11.3 Å². The normalized spacial score (nSPS) is 15.0. The highest BCUT2D eigenvalue weighted by Crippen LogP contribution is 2.33. The number of hydrogen-bond donors (Lipinski definition) is 1. The summed E-state index contributed by atoms with van der Waals surface area (Å²) in [7, 11) is 1.39. The molecule has 0 atom stereocenters. The predicted molar refractivity (Wildman–Crippen MR) is 131 cm³/mol. The summed E-state index contributed by atoms with van der Waals surface area (Å²) in [5.74, 6) is 1.74. The smallest absolute Gasteiger partial charge is 0.348 e. The van der Waals surface area contributed by atoms with E-state index in [-0.39, 0.29) is 17.8 Å². The van der Waals surface area contributed by atoms with Gasteiger partial charge < -0.3 is 14.5 Å². The molecular formula is C26H30N2O4S. The number of nitrogens with zero attached hydrogens (tertiary/aromatic N) is 1. The van der Waals surface area contributed by atoms with Crippen LogP contribution in [0.4, 0.5) is 5.69 Å². The van der Waals surface area contributed by atoms with Gasteiger partial charge in [-0.05, 0) is 73.1 Å². The highest BCUT2D eigenvalue weighted by atomic mass is 32.1. The first kappa shape index (κ1) is 23.3. The van der Waals surface area contributed by atoms with E-state index >= 15 is 0 Å². The predicted octanol–water partition coefficient (Wildman–Crippen LogP) is 5.77. The third-order valence-corrected chi connectivity index (χ3v) is 6.97. The maximum atomic E-state index is 12.0. The molecule has 1 N–H and O–H groups in total. The Morgan fingerprint density at radius 3 is 2.70 bits per heavy atom. The Balaban J connectivity index is 1.34. The van der Waals surface area contributed by atoms with E-state index in [0.29, 0.717) is 16.6 Å². The highest BCUT2D eigenvalue weighted by molar-refractivity contribution is 7.12. The van der Waals surface area contributed by atoms with Crippen molar-refractivity contribution in [3.63, 3.8) is 0 Å². The molecule has 1 saturated heterocycles. The van der Waals surface area contributed by atoms with Crippen LogP contribution in [0.2, 0.25) is 0 Å². The summed E-state index contributed by atoms with van der Waals surface area (Å²) >= 11 is 1.36. The molecule has 2 aromatic heterocycles. The van der Waals surface area contributed by atoms with Crippen molar-refractivity contribution in [2.75, 3.05) is 25.5 Å². The van der Waals surface area contributed by atoms with Gasteiger partial charge in [0.1, 0.15) is 16.4 Å². The van der Waals surface area contributed by atoms with E-state index in [4.69, 9.17) is 9.15 Å². The molecule has 0 unspecified atom stereocenters. The van der Waals surface area contributed by atoms with Crippen molar-refractivity contribution < 1.29 is 18.7 Å². The van der Waals surface area contributed by atoms with E-state index in [1.54, 1.807) is 0 Å². The van der Waals surface area contributed by atoms with Crippen molar-refractivity contribution in [1.82, 2.24) is 4.90 Å². The second kappa shape index (κ2) is 10.4. The average molecular weight is 467 g/mol. The molecule has 1 amide bonds. The molecule has 0 aliphatic carbocycles. The quantitative estimate of drug-likeness (QED) is 0.448. The summed E-state index contributed by atoms with van der Waals surface area (Å²) in [6.07, 6.45) is 2.12. The maximum absolute atomic E-state index is 12.0. The lowest BCUT2D eigenvalue weighted by Gasteiger charge is -2.31. The zero-order chi connectivity index (χ0) is 23.4. The lowest BCUT2D eigenvalue weighted by Crippen LogP contribution is -2.32. The Labute approximate surface area is 198 Å². The van der Waals surface area contributed by atoms with Crippen molar-refractivity contribution in [2.24, 2.45) is 5.92 Å². The molecule has 1 aliphatic rings. The monoisotopic (exact) mass is 466 g/mol. The van der Waals surface area contributed by atoms with Gasteiger partial charge in [-0.25, -0.2) is 4.79 Å². The molecule has 0 bridgehead atoms. The number of amides is 1. The molecule has 1 aromatic carbocycles. The summed E-state index contributed by atoms with van der Waals surface area (Å²) in [6.45, 7) is 6.50. The van der Waals surface area contributed by atoms with Gasteiger partial charge in [0, 0.05) is 17.2 Å². The van der Waals surface area contributed by atoms with E-state index in [9.17, 15) is 9.59 Å². The molecule has 1 fully saturated rings. The van der Waals surface area contributed by atoms with E-state index in [1.807, 2.05) is 49.6 Å². The van der Waals surface area contributed by atoms with Gasteiger partial charge in [-0.3, -0.25) is 9.69 Å². The van der Waals surface area contributed by atoms with E-state index in [2.05, 4.69) is 22.3 Å². The number of methoxy groups -OCH3 is 1. The summed E-state index contributed by atoms with van der Waals surface area (Å²) in [6, 6.07) is 14.0. The van der Waals surface area contributed by atoms with Crippen molar-refractivity contribution in [2.45, 2.75) is 39.2 Å². The molecule has 0 spiro atoms. The fourth-order valence-electron chi connectivity index (χ4n) is 4.16. The second-order valence-electron chi connectivity index (χ2n) is 8.74. The number of hydrogen-bond acceptors (Lipinski definition) is 6. The number of likely N-dealkylation sites (tertiary alicyclic amines) is 1. The number of anilines is 1. The molecule has 174 valence electrons. The number of piperidine rings is 1. The molecule has 0 saturated carbocycles. The molecular weight excluding hydrogens is 436 g/mol. The van der Waals surface area contributed by atoms with Crippen molar-refractivity contribution in [1.29, 1.82) is 0 Å². The standard InChI is InChI=1S/C26H30N2O4S/c1-17(2)25(29)27-20-6-4-5-19(15-20)18-9-12-28(13-10-18)16-21-7-8-23(32-21)22-11-14-33-24(22)26(30)31-3/h4-8,11,14-15,17-18H,9-10,12-13,16H2,1-3H3,(H,27,29). The van der Waals surface area contributed by atoms with Gasteiger partial charge in [-0.1, -0.05) is 26.0 Å². The number of thiophene rings is 1. The van der Waals surface area contributed by atoms with Gasteiger partial charge in [0.05, 0.1) is 13.7 Å². The van der Waals surface area contributed by atoms with Crippen LogP contribution in [-0.2, 0) is 16.1 Å². The number of benzene rings is 1. The number of nitrogens with one attached hydrogen (secondary N) is 1. The van der Waals surface area contributed by atoms with Crippen molar-refractivity contribution >= 4 is 28.9 Å². The topological polar surface area (TPSA) is 71.8 Å². The van der Waals surface area contributed by atoms with Crippen molar-refractivity contribution in [3.05, 3.63) is 64.0 Å². The minimum Gasteiger partial charge on any atom is -0.465 e. The number of carbonyl (C=O) groups is 2. The van der Waals surface area contributed by atoms with E-state index in [1.165, 1.54) is 24.0 Å². The number of ether oxygens (including phenoxy) is 1. The van der Waals surface area contributed by atoms with Crippen LogP contribution in [-0.4, -0.2) is 37.0 Å². The zero-order valence-electron chi connectivity index (χ0n) is 19.3. The fraction of sp³-hybridized carbons (Fsp3) is 0.385. The van der Waals surface area contributed by atoms with Crippen LogP contribution in [0.3, 0.4) is 0 Å². The Hall–Kier alpha value is -2.90. The van der Waals surface area contributed by atoms with E-state index in [0.717, 1.165) is 49.5 Å². The largest absolute Gasteiger partial charge is 0.465 e. The van der Waals surface area contributed by atoms with Gasteiger partial charge in [0.15, 0.2) is 0 Å². The van der Waals surface area contributed by atoms with Crippen LogP contribution >= 0.6 is 11.3 Å². The van der Waals surface area contributed by atoms with Crippen LogP contribution in [0.1, 0.15) is 53.6 Å². The van der Waals surface area contributed by atoms with E-state index < -0.39 is 0 Å². The number of rotatable bonds is 7. The Morgan fingerprint density at radius 1 is 1.18 bits per heavy atom. The molecule has 33 heavy (non-hydrogen) atoms. The van der Waals surface area contributed by atoms with Gasteiger partial charge in [-0.15, -0.1) is 11.3 Å². The average Bonchev–Trinajstić information content (AvgIpc) is 3.49. The molecule has 4 rings (SSSR count). The van der Waals surface area contributed by atoms with Gasteiger partial charge in [0.2, 0.25) is 5.91 Å². The minimum atomic E-state index is -0.340. The third kappa shape index (κ3) is 5.54. The van der Waals surface area contributed by atoms with Crippen LogP contribution < -0.4 is 5.32 Å². The molecule has 7 heteroatoms. The number of furan rings is 1. The summed E-state index contributed by atoms with van der Waals surface area (Å²) in [5.41, 5.74) is 2.93. The summed E-state index contributed by atoms with van der Waals surface area (Å²) in [5, 5.41) is 4.87. The Bertz CT molecular complexity index is 1110. The Kier molecular flexibility index (Phi) is 7.30. The first-order valence-corrected chi connectivity index (χ1v) is 12.2. The third-order valence-electron chi connectivity index (χ3n) is 6.08. The molecule has 1 aliphatic heterocycles. The van der Waals surface area contributed by atoms with Crippen LogP contribution in [0.15, 0.2) is 52.3 Å². The molecule has 0 radical (unpaired) electrons. The molecule has 6 nitrogen and oxygen atoms in total. The van der Waals surface area contributed by atoms with Crippen LogP contribution in [0, 0.1) is 5.92 Å². The highest BCUT2D eigenvalue weighted by Gasteiger charge is 2.23. The van der Waals surface area contributed by atoms with Crippen LogP contribution in [0.25, 0.3) is 11.3 Å². The maximum Gasteiger partial charge on any atom is 0.348 e. The SMILES string of the molecule is COC(=O)c1sccc1-c1ccc(CN2CCC(c3cccc(NC(=O)C(C)C)c3)CC2)o1. The lowest BCUT2D eigenvalue weighted by molar-refractivity contribution is -0.118. The zero-order valence-corrected chi connectivity index (χ0v) is 20.1. The lowest BCUT2D eigenvalue weighted by atomic mass is 9.89. The van der Waals surface area contributed by atoms with Gasteiger partial charge >= 0.3 is 5.97 Å².